The quantitative estimate of drug-likeness (QED) is 0.0276. The van der Waals surface area contributed by atoms with E-state index in [-0.39, 0.29) is 32.0 Å². The van der Waals surface area contributed by atoms with Crippen molar-refractivity contribution >= 4 is 19.8 Å². The van der Waals surface area contributed by atoms with E-state index < -0.39 is 26.5 Å². The lowest BCUT2D eigenvalue weighted by Gasteiger charge is -2.24. The number of likely N-dealkylation sites (N-methyl/N-ethyl adjacent to an activating group) is 1. The largest absolute Gasteiger partial charge is 0.472 e. The fraction of sp³-hybridized carbons (Fsp3) is 0.879. The Balaban J connectivity index is 4.34. The predicted octanol–water partition coefficient (Wildman–Crippen LogP) is 8.29. The lowest BCUT2D eigenvalue weighted by Crippen LogP contribution is -2.37. The fourth-order valence-corrected chi connectivity index (χ4v) is 5.04. The van der Waals surface area contributed by atoms with Gasteiger partial charge >= 0.3 is 19.8 Å². The number of esters is 2. The average Bonchev–Trinajstić information content (AvgIpc) is 2.94. The molecule has 0 aromatic carbocycles. The molecule has 0 aliphatic heterocycles. The summed E-state index contributed by atoms with van der Waals surface area (Å²) in [6.07, 6.45) is 23.1. The first-order valence-electron chi connectivity index (χ1n) is 16.9. The Hall–Kier alpha value is -1.25. The van der Waals surface area contributed by atoms with Gasteiger partial charge in [0, 0.05) is 12.8 Å². The van der Waals surface area contributed by atoms with Crippen molar-refractivity contribution in [3.05, 3.63) is 12.2 Å². The SMILES string of the molecule is CCCCC/C=C\CCCCCCCCCCC(=O)O[C@H](COC(=O)CCCCCC)COP(=O)(O)OCC[N+](C)(C)C. The van der Waals surface area contributed by atoms with Crippen molar-refractivity contribution in [1.82, 2.24) is 0 Å². The van der Waals surface area contributed by atoms with Crippen LogP contribution in [0.4, 0.5) is 0 Å². The Morgan fingerprint density at radius 2 is 1.19 bits per heavy atom. The minimum absolute atomic E-state index is 0.0328. The maximum Gasteiger partial charge on any atom is 0.472 e. The number of quaternary nitrogens is 1. The molecule has 10 heteroatoms. The number of phosphoric acid groups is 1. The van der Waals surface area contributed by atoms with Crippen molar-refractivity contribution in [2.45, 2.75) is 142 Å². The molecule has 0 rings (SSSR count). The summed E-state index contributed by atoms with van der Waals surface area (Å²) in [6.45, 7) is 4.24. The lowest BCUT2D eigenvalue weighted by molar-refractivity contribution is -0.870. The molecule has 0 aromatic rings. The van der Waals surface area contributed by atoms with Crippen LogP contribution in [-0.4, -0.2) is 74.9 Å². The Kier molecular flexibility index (Phi) is 26.3. The molecule has 254 valence electrons. The molecule has 1 unspecified atom stereocenters. The zero-order chi connectivity index (χ0) is 32.2. The first-order chi connectivity index (χ1) is 20.5. The number of hydrogen-bond acceptors (Lipinski definition) is 7. The van der Waals surface area contributed by atoms with Crippen molar-refractivity contribution in [3.8, 4) is 0 Å². The Morgan fingerprint density at radius 1 is 0.698 bits per heavy atom. The van der Waals surface area contributed by atoms with Crippen molar-refractivity contribution in [2.75, 3.05) is 47.5 Å². The van der Waals surface area contributed by atoms with E-state index in [2.05, 4.69) is 26.0 Å². The van der Waals surface area contributed by atoms with Gasteiger partial charge in [-0.05, 0) is 38.5 Å². The summed E-state index contributed by atoms with van der Waals surface area (Å²) in [7, 11) is 1.47. The molecule has 0 aromatic heterocycles. The fourth-order valence-electron chi connectivity index (χ4n) is 4.30. The third-order valence-electron chi connectivity index (χ3n) is 7.05. The predicted molar refractivity (Wildman–Crippen MR) is 174 cm³/mol. The van der Waals surface area contributed by atoms with E-state index in [9.17, 15) is 19.0 Å². The zero-order valence-electron chi connectivity index (χ0n) is 28.2. The van der Waals surface area contributed by atoms with E-state index in [1.54, 1.807) is 0 Å². The topological polar surface area (TPSA) is 108 Å². The van der Waals surface area contributed by atoms with Crippen LogP contribution in [0.15, 0.2) is 12.2 Å². The highest BCUT2D eigenvalue weighted by Crippen LogP contribution is 2.43. The van der Waals surface area contributed by atoms with Gasteiger partial charge in [-0.15, -0.1) is 0 Å². The summed E-state index contributed by atoms with van der Waals surface area (Å²) < 4.78 is 33.8. The zero-order valence-corrected chi connectivity index (χ0v) is 29.1. The molecule has 0 bridgehead atoms. The van der Waals surface area contributed by atoms with E-state index in [4.69, 9.17) is 18.5 Å². The number of unbranched alkanes of at least 4 members (excludes halogenated alkanes) is 14. The van der Waals surface area contributed by atoms with E-state index in [0.717, 1.165) is 44.9 Å². The summed E-state index contributed by atoms with van der Waals surface area (Å²) in [4.78, 5) is 34.7. The highest BCUT2D eigenvalue weighted by molar-refractivity contribution is 7.47. The van der Waals surface area contributed by atoms with Crippen molar-refractivity contribution in [3.63, 3.8) is 0 Å². The summed E-state index contributed by atoms with van der Waals surface area (Å²) in [6, 6.07) is 0. The molecule has 0 saturated carbocycles. The second-order valence-electron chi connectivity index (χ2n) is 12.6. The minimum Gasteiger partial charge on any atom is -0.462 e. The van der Waals surface area contributed by atoms with Crippen LogP contribution in [0.1, 0.15) is 136 Å². The van der Waals surface area contributed by atoms with Crippen molar-refractivity contribution < 1.29 is 42.1 Å². The van der Waals surface area contributed by atoms with E-state index in [1.165, 1.54) is 57.8 Å². The molecule has 1 N–H and O–H groups in total. The second-order valence-corrected chi connectivity index (χ2v) is 14.0. The van der Waals surface area contributed by atoms with Crippen LogP contribution in [0.3, 0.4) is 0 Å². The molecule has 0 heterocycles. The van der Waals surface area contributed by atoms with Gasteiger partial charge in [-0.25, -0.2) is 4.57 Å². The van der Waals surface area contributed by atoms with Crippen molar-refractivity contribution in [1.29, 1.82) is 0 Å². The molecule has 0 spiro atoms. The molecule has 2 atom stereocenters. The minimum atomic E-state index is -4.35. The number of nitrogens with zero attached hydrogens (tertiary/aromatic N) is 1. The number of phosphoric ester groups is 1. The maximum atomic E-state index is 12.5. The standard InChI is InChI=1S/C33H64NO8P/c1-6-8-10-12-13-14-15-16-17-18-19-20-21-22-24-26-33(36)42-31(29-39-32(35)25-23-11-9-7-2)30-41-43(37,38)40-28-27-34(3,4)5/h13-14,31H,6-12,15-30H2,1-5H3/p+1/b14-13-/t31-/m1/s1. The van der Waals surface area contributed by atoms with Gasteiger partial charge in [0.05, 0.1) is 27.7 Å². The molecule has 0 radical (unpaired) electrons. The summed E-state index contributed by atoms with van der Waals surface area (Å²) >= 11 is 0. The second kappa shape index (κ2) is 27.1. The first kappa shape index (κ1) is 41.8. The van der Waals surface area contributed by atoms with Gasteiger partial charge in [0.25, 0.3) is 0 Å². The highest BCUT2D eigenvalue weighted by Gasteiger charge is 2.27. The van der Waals surface area contributed by atoms with Gasteiger partial charge in [0.15, 0.2) is 6.10 Å². The molecular formula is C33H65NO8P+. The van der Waals surface area contributed by atoms with Crippen LogP contribution in [-0.2, 0) is 32.7 Å². The van der Waals surface area contributed by atoms with Gasteiger partial charge in [0.2, 0.25) is 0 Å². The van der Waals surface area contributed by atoms with Crippen LogP contribution in [0.25, 0.3) is 0 Å². The Labute approximate surface area is 263 Å². The first-order valence-corrected chi connectivity index (χ1v) is 18.4. The van der Waals surface area contributed by atoms with E-state index >= 15 is 0 Å². The van der Waals surface area contributed by atoms with Gasteiger partial charge in [-0.3, -0.25) is 18.6 Å². The monoisotopic (exact) mass is 634 g/mol. The molecule has 0 saturated heterocycles. The number of allylic oxidation sites excluding steroid dienone is 2. The smallest absolute Gasteiger partial charge is 0.462 e. The van der Waals surface area contributed by atoms with Crippen LogP contribution < -0.4 is 0 Å². The number of carbonyl (C=O) groups excluding carboxylic acids is 2. The Bertz CT molecular complexity index is 768. The third kappa shape index (κ3) is 30.6. The summed E-state index contributed by atoms with van der Waals surface area (Å²) in [5, 5.41) is 0. The molecule has 0 amide bonds. The van der Waals surface area contributed by atoms with E-state index in [1.807, 2.05) is 21.1 Å². The molecule has 0 aliphatic carbocycles. The summed E-state index contributed by atoms with van der Waals surface area (Å²) in [5.41, 5.74) is 0. The highest BCUT2D eigenvalue weighted by atomic mass is 31.2. The third-order valence-corrected chi connectivity index (χ3v) is 8.03. The van der Waals surface area contributed by atoms with Crippen LogP contribution in [0.5, 0.6) is 0 Å². The number of rotatable bonds is 30. The molecule has 9 nitrogen and oxygen atoms in total. The lowest BCUT2D eigenvalue weighted by atomic mass is 10.1. The number of hydrogen-bond donors (Lipinski definition) is 1. The van der Waals surface area contributed by atoms with Gasteiger partial charge in [0.1, 0.15) is 19.8 Å². The average molecular weight is 635 g/mol. The van der Waals surface area contributed by atoms with Crippen LogP contribution >= 0.6 is 7.82 Å². The van der Waals surface area contributed by atoms with Gasteiger partial charge in [-0.2, -0.15) is 0 Å². The maximum absolute atomic E-state index is 12.5. The van der Waals surface area contributed by atoms with Crippen LogP contribution in [0, 0.1) is 0 Å². The number of ether oxygens (including phenoxy) is 2. The normalized spacial score (nSPS) is 14.1. The number of carbonyl (C=O) groups is 2. The van der Waals surface area contributed by atoms with Gasteiger partial charge < -0.3 is 18.9 Å². The molecular weight excluding hydrogens is 569 g/mol. The van der Waals surface area contributed by atoms with Crippen molar-refractivity contribution in [2.24, 2.45) is 0 Å². The van der Waals surface area contributed by atoms with Crippen LogP contribution in [0.2, 0.25) is 0 Å². The molecule has 0 fully saturated rings. The molecule has 0 aliphatic rings. The Morgan fingerprint density at radius 3 is 1.77 bits per heavy atom. The molecule has 43 heavy (non-hydrogen) atoms. The van der Waals surface area contributed by atoms with Gasteiger partial charge in [-0.1, -0.05) is 96.6 Å². The van der Waals surface area contributed by atoms with E-state index in [0.29, 0.717) is 17.4 Å². The summed E-state index contributed by atoms with van der Waals surface area (Å²) in [5.74, 6) is -0.823.